The van der Waals surface area contributed by atoms with E-state index in [-0.39, 0.29) is 0 Å². The Hall–Kier alpha value is -2.66. The molecule has 0 radical (unpaired) electrons. The molecule has 2 aromatic heterocycles. The maximum Gasteiger partial charge on any atom is 0.135 e. The third kappa shape index (κ3) is 2.78. The maximum atomic E-state index is 5.41. The minimum absolute atomic E-state index is 0.801. The fourth-order valence-corrected chi connectivity index (χ4v) is 3.08. The van der Waals surface area contributed by atoms with Gasteiger partial charge in [0.25, 0.3) is 0 Å². The van der Waals surface area contributed by atoms with Crippen LogP contribution in [0, 0.1) is 0 Å². The van der Waals surface area contributed by atoms with Gasteiger partial charge in [0.2, 0.25) is 0 Å². The minimum atomic E-state index is 0.801. The van der Waals surface area contributed by atoms with E-state index in [1.165, 1.54) is 5.69 Å². The van der Waals surface area contributed by atoms with Crippen LogP contribution in [0.1, 0.15) is 0 Å². The lowest BCUT2D eigenvalue weighted by molar-refractivity contribution is 0.122. The minimum Gasteiger partial charge on any atom is -0.378 e. The van der Waals surface area contributed by atoms with E-state index < -0.39 is 0 Å². The predicted octanol–water partition coefficient (Wildman–Crippen LogP) is 3.18. The van der Waals surface area contributed by atoms with Crippen LogP contribution in [-0.2, 0) is 4.74 Å². The van der Waals surface area contributed by atoms with Crippen molar-refractivity contribution in [3.8, 4) is 11.3 Å². The molecule has 5 nitrogen and oxygen atoms in total. The molecule has 1 fully saturated rings. The number of morpholine rings is 1. The summed E-state index contributed by atoms with van der Waals surface area (Å²) in [7, 11) is 1.88. The molecule has 0 amide bonds. The molecule has 0 spiro atoms. The standard InChI is InChI=1S/C19H20N4O/c1-20-19-16-6-7-17(22-18(16)8-9-21-19)14-2-4-15(5-3-14)23-10-12-24-13-11-23/h2-9H,10-13H2,1H3,(H,20,21). The Morgan fingerprint density at radius 3 is 2.54 bits per heavy atom. The Bertz CT molecular complexity index is 842. The van der Waals surface area contributed by atoms with E-state index in [1.807, 2.05) is 13.1 Å². The third-order valence-corrected chi connectivity index (χ3v) is 4.39. The second kappa shape index (κ2) is 6.45. The van der Waals surface area contributed by atoms with E-state index in [0.717, 1.165) is 54.3 Å². The van der Waals surface area contributed by atoms with Crippen molar-refractivity contribution >= 4 is 22.4 Å². The summed E-state index contributed by atoms with van der Waals surface area (Å²) >= 11 is 0. The SMILES string of the molecule is CNc1nccc2nc(-c3ccc(N4CCOCC4)cc3)ccc12. The van der Waals surface area contributed by atoms with Crippen molar-refractivity contribution in [2.24, 2.45) is 0 Å². The maximum absolute atomic E-state index is 5.41. The van der Waals surface area contributed by atoms with Crippen LogP contribution in [0.3, 0.4) is 0 Å². The Kier molecular flexibility index (Phi) is 4.01. The number of nitrogens with zero attached hydrogens (tertiary/aromatic N) is 3. The van der Waals surface area contributed by atoms with Crippen LogP contribution < -0.4 is 10.2 Å². The first-order valence-electron chi connectivity index (χ1n) is 8.22. The topological polar surface area (TPSA) is 50.3 Å². The number of hydrogen-bond donors (Lipinski definition) is 1. The number of rotatable bonds is 3. The Labute approximate surface area is 141 Å². The molecule has 1 aliphatic heterocycles. The van der Waals surface area contributed by atoms with Crippen LogP contribution in [-0.4, -0.2) is 43.3 Å². The lowest BCUT2D eigenvalue weighted by Crippen LogP contribution is -2.36. The number of pyridine rings is 2. The molecule has 0 unspecified atom stereocenters. The smallest absolute Gasteiger partial charge is 0.135 e. The Morgan fingerprint density at radius 2 is 1.79 bits per heavy atom. The quantitative estimate of drug-likeness (QED) is 0.803. The summed E-state index contributed by atoms with van der Waals surface area (Å²) in [6.45, 7) is 3.51. The molecule has 0 atom stereocenters. The van der Waals surface area contributed by atoms with Crippen LogP contribution in [0.2, 0.25) is 0 Å². The van der Waals surface area contributed by atoms with Crippen molar-refractivity contribution in [2.75, 3.05) is 43.6 Å². The van der Waals surface area contributed by atoms with Crippen LogP contribution >= 0.6 is 0 Å². The van der Waals surface area contributed by atoms with Crippen LogP contribution in [0.5, 0.6) is 0 Å². The third-order valence-electron chi connectivity index (χ3n) is 4.39. The molecule has 1 saturated heterocycles. The van der Waals surface area contributed by atoms with Crippen molar-refractivity contribution in [2.45, 2.75) is 0 Å². The first-order valence-corrected chi connectivity index (χ1v) is 8.22. The van der Waals surface area contributed by atoms with E-state index in [9.17, 15) is 0 Å². The molecule has 24 heavy (non-hydrogen) atoms. The van der Waals surface area contributed by atoms with Crippen molar-refractivity contribution in [1.82, 2.24) is 9.97 Å². The molecule has 3 aromatic rings. The van der Waals surface area contributed by atoms with Gasteiger partial charge in [0.1, 0.15) is 5.82 Å². The number of hydrogen-bond acceptors (Lipinski definition) is 5. The van der Waals surface area contributed by atoms with Gasteiger partial charge in [0.05, 0.1) is 24.4 Å². The summed E-state index contributed by atoms with van der Waals surface area (Å²) < 4.78 is 5.41. The normalized spacial score (nSPS) is 14.8. The highest BCUT2D eigenvalue weighted by Crippen LogP contribution is 2.26. The van der Waals surface area contributed by atoms with E-state index in [2.05, 4.69) is 51.6 Å². The average Bonchev–Trinajstić information content (AvgIpc) is 2.68. The zero-order valence-corrected chi connectivity index (χ0v) is 13.7. The summed E-state index contributed by atoms with van der Waals surface area (Å²) in [4.78, 5) is 11.5. The van der Waals surface area contributed by atoms with Gasteiger partial charge in [0.15, 0.2) is 0 Å². The van der Waals surface area contributed by atoms with Gasteiger partial charge < -0.3 is 15.0 Å². The second-order valence-corrected chi connectivity index (χ2v) is 5.82. The van der Waals surface area contributed by atoms with Gasteiger partial charge in [-0.25, -0.2) is 9.97 Å². The number of fused-ring (bicyclic) bond motifs is 1. The predicted molar refractivity (Wildman–Crippen MR) is 97.6 cm³/mol. The van der Waals surface area contributed by atoms with E-state index >= 15 is 0 Å². The fourth-order valence-electron chi connectivity index (χ4n) is 3.08. The number of benzene rings is 1. The lowest BCUT2D eigenvalue weighted by Gasteiger charge is -2.28. The van der Waals surface area contributed by atoms with Gasteiger partial charge in [0, 0.05) is 43.0 Å². The molecule has 1 aromatic carbocycles. The van der Waals surface area contributed by atoms with Gasteiger partial charge in [-0.3, -0.25) is 0 Å². The zero-order chi connectivity index (χ0) is 16.4. The highest BCUT2D eigenvalue weighted by atomic mass is 16.5. The van der Waals surface area contributed by atoms with E-state index in [0.29, 0.717) is 0 Å². The Morgan fingerprint density at radius 1 is 1.00 bits per heavy atom. The monoisotopic (exact) mass is 320 g/mol. The summed E-state index contributed by atoms with van der Waals surface area (Å²) in [5.74, 6) is 0.856. The lowest BCUT2D eigenvalue weighted by atomic mass is 10.1. The summed E-state index contributed by atoms with van der Waals surface area (Å²) in [5.41, 5.74) is 4.29. The fraction of sp³-hybridized carbons (Fsp3) is 0.263. The number of ether oxygens (including phenoxy) is 1. The second-order valence-electron chi connectivity index (χ2n) is 5.82. The van der Waals surface area contributed by atoms with Gasteiger partial charge >= 0.3 is 0 Å². The molecule has 5 heteroatoms. The molecule has 0 aliphatic carbocycles. The highest BCUT2D eigenvalue weighted by Gasteiger charge is 2.11. The molecule has 1 aliphatic rings. The molecular weight excluding hydrogens is 300 g/mol. The first kappa shape index (κ1) is 14.9. The molecule has 122 valence electrons. The van der Waals surface area contributed by atoms with Crippen LogP contribution in [0.25, 0.3) is 22.2 Å². The number of anilines is 2. The van der Waals surface area contributed by atoms with Crippen molar-refractivity contribution in [3.05, 3.63) is 48.7 Å². The van der Waals surface area contributed by atoms with Gasteiger partial charge in [-0.1, -0.05) is 12.1 Å². The van der Waals surface area contributed by atoms with Gasteiger partial charge in [-0.15, -0.1) is 0 Å². The molecule has 4 rings (SSSR count). The molecule has 0 bridgehead atoms. The molecular formula is C19H20N4O. The molecule has 1 N–H and O–H groups in total. The van der Waals surface area contributed by atoms with E-state index in [4.69, 9.17) is 9.72 Å². The van der Waals surface area contributed by atoms with Gasteiger partial charge in [-0.2, -0.15) is 0 Å². The number of aromatic nitrogens is 2. The molecule has 3 heterocycles. The Balaban J connectivity index is 1.64. The highest BCUT2D eigenvalue weighted by molar-refractivity contribution is 5.90. The largest absolute Gasteiger partial charge is 0.378 e. The summed E-state index contributed by atoms with van der Waals surface area (Å²) in [5, 5.41) is 4.14. The van der Waals surface area contributed by atoms with Crippen molar-refractivity contribution < 1.29 is 4.74 Å². The number of nitrogens with one attached hydrogen (secondary N) is 1. The average molecular weight is 320 g/mol. The first-order chi connectivity index (χ1) is 11.8. The van der Waals surface area contributed by atoms with Crippen molar-refractivity contribution in [1.29, 1.82) is 0 Å². The summed E-state index contributed by atoms with van der Waals surface area (Å²) in [6, 6.07) is 14.7. The van der Waals surface area contributed by atoms with Crippen LogP contribution in [0.15, 0.2) is 48.7 Å². The zero-order valence-electron chi connectivity index (χ0n) is 13.7. The van der Waals surface area contributed by atoms with Gasteiger partial charge in [-0.05, 0) is 30.3 Å². The van der Waals surface area contributed by atoms with E-state index in [1.54, 1.807) is 6.20 Å². The molecule has 0 saturated carbocycles. The summed E-state index contributed by atoms with van der Waals surface area (Å²) in [6.07, 6.45) is 1.78. The van der Waals surface area contributed by atoms with Crippen LogP contribution in [0.4, 0.5) is 11.5 Å². The van der Waals surface area contributed by atoms with Crippen molar-refractivity contribution in [3.63, 3.8) is 0 Å².